The Kier molecular flexibility index (Phi) is 11.3. The van der Waals surface area contributed by atoms with Crippen molar-refractivity contribution in [2.75, 3.05) is 9.80 Å². The number of nitrogens with zero attached hydrogens (tertiary/aromatic N) is 4. The lowest BCUT2D eigenvalue weighted by Crippen LogP contribution is -2.33. The maximum Gasteiger partial charge on any atom is 0.0754 e. The van der Waals surface area contributed by atoms with E-state index in [1.54, 1.807) is 0 Å². The van der Waals surface area contributed by atoms with E-state index >= 15 is 0 Å². The fourth-order valence-electron chi connectivity index (χ4n) is 19.3. The molecule has 0 bridgehead atoms. The summed E-state index contributed by atoms with van der Waals surface area (Å²) in [4.78, 5) is 4.88. The number of fused-ring (bicyclic) bond motifs is 27. The zero-order valence-electron chi connectivity index (χ0n) is 55.4. The molecule has 4 nitrogen and oxygen atoms in total. The van der Waals surface area contributed by atoms with Crippen molar-refractivity contribution in [3.8, 4) is 44.8 Å². The monoisotopic (exact) mass is 1290 g/mol. The van der Waals surface area contributed by atoms with Gasteiger partial charge in [-0.05, 0) is 207 Å². The van der Waals surface area contributed by atoms with Gasteiger partial charge in [-0.25, -0.2) is 0 Å². The number of para-hydroxylation sites is 5. The summed E-state index contributed by atoms with van der Waals surface area (Å²) in [5.41, 5.74) is 30.8. The summed E-state index contributed by atoms with van der Waals surface area (Å²) in [7, 11) is 0. The van der Waals surface area contributed by atoms with Crippen molar-refractivity contribution in [1.29, 1.82) is 0 Å². The molecule has 2 spiro atoms. The van der Waals surface area contributed by atoms with E-state index in [1.165, 1.54) is 165 Å². The van der Waals surface area contributed by atoms with Crippen LogP contribution in [-0.4, -0.2) is 9.13 Å². The summed E-state index contributed by atoms with van der Waals surface area (Å²) < 4.78 is 5.14. The quantitative estimate of drug-likeness (QED) is 0.158. The van der Waals surface area contributed by atoms with Crippen molar-refractivity contribution < 1.29 is 0 Å². The molecule has 4 heteroatoms. The number of anilines is 6. The minimum Gasteiger partial charge on any atom is -0.310 e. The van der Waals surface area contributed by atoms with E-state index in [4.69, 9.17) is 0 Å². The molecule has 0 saturated carbocycles. The Morgan fingerprint density at radius 1 is 0.196 bits per heavy atom. The first-order valence-corrected chi connectivity index (χ1v) is 35.5. The highest BCUT2D eigenvalue weighted by atomic mass is 15.2. The number of hydrogen-bond donors (Lipinski definition) is 0. The van der Waals surface area contributed by atoms with Crippen LogP contribution < -0.4 is 9.80 Å². The van der Waals surface area contributed by atoms with Gasteiger partial charge in [-0.2, -0.15) is 0 Å². The van der Waals surface area contributed by atoms with Gasteiger partial charge in [0.25, 0.3) is 0 Å². The average Bonchev–Trinajstić information content (AvgIpc) is 1.49. The van der Waals surface area contributed by atoms with Gasteiger partial charge in [0.1, 0.15) is 0 Å². The highest BCUT2D eigenvalue weighted by molar-refractivity contribution is 6.15. The van der Waals surface area contributed by atoms with Gasteiger partial charge in [-0.15, -0.1) is 0 Å². The van der Waals surface area contributed by atoms with Crippen molar-refractivity contribution in [2.24, 2.45) is 0 Å². The van der Waals surface area contributed by atoms with Crippen LogP contribution in [-0.2, 0) is 10.8 Å². The molecule has 19 aromatic rings. The van der Waals surface area contributed by atoms with Crippen molar-refractivity contribution in [3.05, 3.63) is 408 Å². The van der Waals surface area contributed by atoms with Crippen molar-refractivity contribution in [3.63, 3.8) is 0 Å². The Morgan fingerprint density at radius 2 is 0.588 bits per heavy atom. The minimum absolute atomic E-state index is 0.542. The predicted octanol–water partition coefficient (Wildman–Crippen LogP) is 25.3. The zero-order valence-corrected chi connectivity index (χ0v) is 55.4. The van der Waals surface area contributed by atoms with Gasteiger partial charge in [-0.3, -0.25) is 0 Å². The summed E-state index contributed by atoms with van der Waals surface area (Å²) in [6, 6.07) is 137. The third-order valence-corrected chi connectivity index (χ3v) is 23.4. The first-order chi connectivity index (χ1) is 50.6. The highest BCUT2D eigenvalue weighted by Crippen LogP contribution is 2.64. The smallest absolute Gasteiger partial charge is 0.0754 e. The normalized spacial score (nSPS) is 14.6. The Labute approximate surface area is 589 Å². The molecular formula is C98H60N4. The number of benzene rings is 17. The Hall–Kier alpha value is -13.3. The number of rotatable bonds is 7. The van der Waals surface area contributed by atoms with E-state index in [-0.39, 0.29) is 0 Å². The second kappa shape index (κ2) is 20.7. The zero-order chi connectivity index (χ0) is 66.5. The molecule has 0 amide bonds. The molecule has 102 heavy (non-hydrogen) atoms. The van der Waals surface area contributed by atoms with Crippen LogP contribution in [0.5, 0.6) is 0 Å². The fraction of sp³-hybridized carbons (Fsp3) is 0.0204. The van der Waals surface area contributed by atoms with Crippen molar-refractivity contribution >= 4 is 110 Å². The molecule has 2 aromatic heterocycles. The van der Waals surface area contributed by atoms with E-state index in [9.17, 15) is 0 Å². The van der Waals surface area contributed by atoms with E-state index in [2.05, 4.69) is 383 Å². The molecule has 0 saturated heterocycles. The van der Waals surface area contributed by atoms with Gasteiger partial charge in [0.15, 0.2) is 0 Å². The van der Waals surface area contributed by atoms with Gasteiger partial charge in [0.05, 0.1) is 44.3 Å². The first kappa shape index (κ1) is 55.7. The molecule has 472 valence electrons. The maximum absolute atomic E-state index is 2.57. The average molecular weight is 1290 g/mol. The summed E-state index contributed by atoms with van der Waals surface area (Å²) in [5.74, 6) is 0. The molecule has 1 atom stereocenters. The first-order valence-electron chi connectivity index (χ1n) is 35.5. The summed E-state index contributed by atoms with van der Waals surface area (Å²) >= 11 is 0. The molecule has 4 aliphatic rings. The van der Waals surface area contributed by atoms with Crippen molar-refractivity contribution in [1.82, 2.24) is 9.13 Å². The predicted molar refractivity (Wildman–Crippen MR) is 424 cm³/mol. The van der Waals surface area contributed by atoms with E-state index in [0.29, 0.717) is 0 Å². The Balaban J connectivity index is 0.664. The molecule has 2 aliphatic carbocycles. The van der Waals surface area contributed by atoms with Crippen LogP contribution in [0.3, 0.4) is 0 Å². The molecule has 0 fully saturated rings. The molecule has 17 aromatic carbocycles. The highest BCUT2D eigenvalue weighted by Gasteiger charge is 2.53. The molecule has 2 aliphatic heterocycles. The van der Waals surface area contributed by atoms with E-state index < -0.39 is 10.8 Å². The lowest BCUT2D eigenvalue weighted by molar-refractivity contribution is 0.748. The standard InChI is InChI=1S/C98H60N4/c1-2-24-69(25-3-1)99(70-46-42-61-20-4-6-22-63(61)55-70)73-49-51-79-81-31-19-37-90-96(81)102(93(79)59-73)92-39-17-15-35-87(92)98(90)85-34-14-10-28-77(85)82-58-68(45-52-86(82)98)65-40-41-67-57-72(48-44-66(67)54-65)100(71-47-43-62-21-5-7-23-64(62)56-71)74-50-53-88-94(60-74)101-91-38-16-11-29-78(91)80-30-18-36-89(95(80)101)97(88)83-32-12-8-26-75(83)76-27-9-13-33-84(76)97/h1-60H. The van der Waals surface area contributed by atoms with Crippen LogP contribution in [0.25, 0.3) is 121 Å². The van der Waals surface area contributed by atoms with Gasteiger partial charge < -0.3 is 18.9 Å². The third-order valence-electron chi connectivity index (χ3n) is 23.4. The molecule has 4 heterocycles. The third kappa shape index (κ3) is 7.34. The number of hydrogen-bond acceptors (Lipinski definition) is 2. The van der Waals surface area contributed by atoms with Crippen LogP contribution in [0, 0.1) is 0 Å². The molecule has 23 rings (SSSR count). The van der Waals surface area contributed by atoms with Gasteiger partial charge >= 0.3 is 0 Å². The van der Waals surface area contributed by atoms with Crippen molar-refractivity contribution in [2.45, 2.75) is 10.8 Å². The van der Waals surface area contributed by atoms with Crippen LogP contribution in [0.4, 0.5) is 34.1 Å². The minimum atomic E-state index is -0.579. The van der Waals surface area contributed by atoms with E-state index in [0.717, 1.165) is 34.1 Å². The van der Waals surface area contributed by atoms with E-state index in [1.807, 2.05) is 0 Å². The van der Waals surface area contributed by atoms with Crippen LogP contribution in [0.2, 0.25) is 0 Å². The van der Waals surface area contributed by atoms with Crippen LogP contribution >= 0.6 is 0 Å². The Morgan fingerprint density at radius 3 is 1.25 bits per heavy atom. The van der Waals surface area contributed by atoms with Gasteiger partial charge in [0, 0.05) is 55.7 Å². The summed E-state index contributed by atoms with van der Waals surface area (Å²) in [6.45, 7) is 0. The second-order valence-electron chi connectivity index (χ2n) is 28.2. The molecule has 0 radical (unpaired) electrons. The SMILES string of the molecule is c1ccc(N(c2ccc3ccccc3c2)c2ccc3c4cccc5c4n(c3c2)-c2ccccc2C52c3ccccc3-c3cc(-c4ccc5cc(N(c6ccc7c(c6)-n6c8ccccc8c8cccc(c86)C76c7ccccc7-c7ccccc76)c6ccc7ccccc7c6)ccc5c4)ccc32)cc1. The topological polar surface area (TPSA) is 16.3 Å². The second-order valence-corrected chi connectivity index (χ2v) is 28.2. The maximum atomic E-state index is 2.57. The fourth-order valence-corrected chi connectivity index (χ4v) is 19.3. The Bertz CT molecular complexity index is 6820. The summed E-state index contributed by atoms with van der Waals surface area (Å²) in [5, 5.41) is 12.2. The number of aromatic nitrogens is 2. The molecule has 0 N–H and O–H groups in total. The lowest BCUT2D eigenvalue weighted by atomic mass is 9.65. The van der Waals surface area contributed by atoms with Crippen LogP contribution in [0.1, 0.15) is 44.5 Å². The summed E-state index contributed by atoms with van der Waals surface area (Å²) in [6.07, 6.45) is 0. The molecular weight excluding hydrogens is 1230 g/mol. The van der Waals surface area contributed by atoms with Crippen LogP contribution in [0.15, 0.2) is 364 Å². The van der Waals surface area contributed by atoms with Gasteiger partial charge in [0.2, 0.25) is 0 Å². The largest absolute Gasteiger partial charge is 0.310 e. The molecule has 1 unspecified atom stereocenters. The van der Waals surface area contributed by atoms with Gasteiger partial charge in [-0.1, -0.05) is 267 Å². The lowest BCUT2D eigenvalue weighted by Gasteiger charge is -2.40.